The lowest BCUT2D eigenvalue weighted by Crippen LogP contribution is -2.56. The van der Waals surface area contributed by atoms with Gasteiger partial charge in [-0.25, -0.2) is 13.2 Å². The summed E-state index contributed by atoms with van der Waals surface area (Å²) in [6.45, 7) is 2.08. The first kappa shape index (κ1) is 19.9. The van der Waals surface area contributed by atoms with E-state index in [1.54, 1.807) is 0 Å². The summed E-state index contributed by atoms with van der Waals surface area (Å²) >= 11 is 0. The first-order chi connectivity index (χ1) is 12.7. The number of sulfone groups is 1. The SMILES string of the molecule is CC1CCC(NC(=O)c2ccc(S(=O)(=O)C3CCCC3)cc2)(C(=O)O)CC1. The van der Waals surface area contributed by atoms with E-state index in [9.17, 15) is 23.1 Å². The van der Waals surface area contributed by atoms with Gasteiger partial charge in [-0.1, -0.05) is 19.8 Å². The van der Waals surface area contributed by atoms with E-state index in [1.807, 2.05) is 0 Å². The molecule has 0 heterocycles. The highest BCUT2D eigenvalue weighted by molar-refractivity contribution is 7.92. The molecule has 0 spiro atoms. The molecule has 0 radical (unpaired) electrons. The minimum Gasteiger partial charge on any atom is -0.480 e. The molecule has 1 amide bonds. The van der Waals surface area contributed by atoms with Crippen molar-refractivity contribution in [3.63, 3.8) is 0 Å². The molecule has 2 saturated carbocycles. The summed E-state index contributed by atoms with van der Waals surface area (Å²) in [4.78, 5) is 24.6. The van der Waals surface area contributed by atoms with Crippen molar-refractivity contribution in [3.05, 3.63) is 29.8 Å². The lowest BCUT2D eigenvalue weighted by atomic mass is 9.77. The van der Waals surface area contributed by atoms with Gasteiger partial charge in [-0.15, -0.1) is 0 Å². The number of aliphatic carboxylic acids is 1. The normalized spacial score (nSPS) is 26.6. The zero-order chi connectivity index (χ0) is 19.7. The Kier molecular flexibility index (Phi) is 5.60. The molecule has 27 heavy (non-hydrogen) atoms. The van der Waals surface area contributed by atoms with Gasteiger partial charge < -0.3 is 10.4 Å². The summed E-state index contributed by atoms with van der Waals surface area (Å²) in [7, 11) is -3.37. The Morgan fingerprint density at radius 3 is 2.11 bits per heavy atom. The molecular weight excluding hydrogens is 366 g/mol. The van der Waals surface area contributed by atoms with Crippen LogP contribution < -0.4 is 5.32 Å². The van der Waals surface area contributed by atoms with Gasteiger partial charge in [0.1, 0.15) is 5.54 Å². The molecule has 7 heteroatoms. The fraction of sp³-hybridized carbons (Fsp3) is 0.600. The quantitative estimate of drug-likeness (QED) is 0.800. The topological polar surface area (TPSA) is 101 Å². The zero-order valence-corrected chi connectivity index (χ0v) is 16.4. The third kappa shape index (κ3) is 4.03. The van der Waals surface area contributed by atoms with E-state index in [0.717, 1.165) is 25.7 Å². The maximum absolute atomic E-state index is 12.6. The van der Waals surface area contributed by atoms with Gasteiger partial charge in [-0.2, -0.15) is 0 Å². The number of carbonyl (C=O) groups is 2. The molecular formula is C20H27NO5S. The van der Waals surface area contributed by atoms with Crippen LogP contribution in [-0.2, 0) is 14.6 Å². The van der Waals surface area contributed by atoms with Crippen LogP contribution in [0, 0.1) is 5.92 Å². The minimum atomic E-state index is -3.37. The number of nitrogens with one attached hydrogen (secondary N) is 1. The molecule has 0 atom stereocenters. The van der Waals surface area contributed by atoms with E-state index in [1.165, 1.54) is 24.3 Å². The number of benzene rings is 1. The molecule has 0 unspecified atom stereocenters. The fourth-order valence-corrected chi connectivity index (χ4v) is 5.98. The largest absolute Gasteiger partial charge is 0.480 e. The van der Waals surface area contributed by atoms with E-state index in [0.29, 0.717) is 31.6 Å². The van der Waals surface area contributed by atoms with Crippen molar-refractivity contribution >= 4 is 21.7 Å². The first-order valence-corrected chi connectivity index (χ1v) is 11.2. The summed E-state index contributed by atoms with van der Waals surface area (Å²) in [5.41, 5.74) is -0.960. The summed E-state index contributed by atoms with van der Waals surface area (Å²) in [5, 5.41) is 12.0. The highest BCUT2D eigenvalue weighted by Gasteiger charge is 2.42. The predicted molar refractivity (Wildman–Crippen MR) is 101 cm³/mol. The monoisotopic (exact) mass is 393 g/mol. The second-order valence-electron chi connectivity index (χ2n) is 8.00. The van der Waals surface area contributed by atoms with Crippen LogP contribution in [0.1, 0.15) is 68.6 Å². The van der Waals surface area contributed by atoms with Gasteiger partial charge in [-0.3, -0.25) is 4.79 Å². The molecule has 1 aromatic carbocycles. The Bertz CT molecular complexity index is 801. The maximum Gasteiger partial charge on any atom is 0.329 e. The molecule has 1 aromatic rings. The Morgan fingerprint density at radius 1 is 1.04 bits per heavy atom. The second kappa shape index (κ2) is 7.62. The van der Waals surface area contributed by atoms with Gasteiger partial charge in [0, 0.05) is 5.56 Å². The van der Waals surface area contributed by atoms with Crippen molar-refractivity contribution in [1.29, 1.82) is 0 Å². The zero-order valence-electron chi connectivity index (χ0n) is 15.6. The number of carboxylic acids is 1. The number of amides is 1. The van der Waals surface area contributed by atoms with Crippen LogP contribution in [-0.4, -0.2) is 36.2 Å². The van der Waals surface area contributed by atoms with Gasteiger partial charge in [-0.05, 0) is 68.7 Å². The summed E-state index contributed by atoms with van der Waals surface area (Å²) in [5.74, 6) is -1.03. The molecule has 0 saturated heterocycles. The van der Waals surface area contributed by atoms with Crippen molar-refractivity contribution in [1.82, 2.24) is 5.32 Å². The smallest absolute Gasteiger partial charge is 0.329 e. The lowest BCUT2D eigenvalue weighted by Gasteiger charge is -2.36. The Morgan fingerprint density at radius 2 is 1.59 bits per heavy atom. The molecule has 0 aromatic heterocycles. The van der Waals surface area contributed by atoms with Crippen LogP contribution in [0.2, 0.25) is 0 Å². The van der Waals surface area contributed by atoms with Crippen LogP contribution in [0.15, 0.2) is 29.2 Å². The van der Waals surface area contributed by atoms with Gasteiger partial charge >= 0.3 is 5.97 Å². The van der Waals surface area contributed by atoms with Crippen molar-refractivity contribution in [2.45, 2.75) is 74.0 Å². The second-order valence-corrected chi connectivity index (χ2v) is 10.2. The van der Waals surface area contributed by atoms with Crippen LogP contribution in [0.25, 0.3) is 0 Å². The number of hydrogen-bond acceptors (Lipinski definition) is 4. The summed E-state index contributed by atoms with van der Waals surface area (Å²) in [6, 6.07) is 5.86. The number of carboxylic acid groups (broad SMARTS) is 1. The molecule has 148 valence electrons. The molecule has 2 fully saturated rings. The van der Waals surface area contributed by atoms with Crippen LogP contribution in [0.5, 0.6) is 0 Å². The average molecular weight is 394 g/mol. The first-order valence-electron chi connectivity index (χ1n) is 9.64. The van der Waals surface area contributed by atoms with E-state index >= 15 is 0 Å². The Hall–Kier alpha value is -1.89. The summed E-state index contributed by atoms with van der Waals surface area (Å²) < 4.78 is 25.3. The maximum atomic E-state index is 12.6. The molecule has 2 aliphatic carbocycles. The number of rotatable bonds is 5. The van der Waals surface area contributed by atoms with Crippen LogP contribution in [0.4, 0.5) is 0 Å². The van der Waals surface area contributed by atoms with E-state index in [2.05, 4.69) is 12.2 Å². The third-order valence-corrected chi connectivity index (χ3v) is 8.35. The van der Waals surface area contributed by atoms with E-state index < -0.39 is 27.3 Å². The van der Waals surface area contributed by atoms with E-state index in [-0.39, 0.29) is 15.7 Å². The number of carbonyl (C=O) groups excluding carboxylic acids is 1. The number of hydrogen-bond donors (Lipinski definition) is 2. The molecule has 2 aliphatic rings. The van der Waals surface area contributed by atoms with Crippen molar-refractivity contribution < 1.29 is 23.1 Å². The highest BCUT2D eigenvalue weighted by atomic mass is 32.2. The fourth-order valence-electron chi connectivity index (χ4n) is 4.12. The van der Waals surface area contributed by atoms with Gasteiger partial charge in [0.05, 0.1) is 10.1 Å². The highest BCUT2D eigenvalue weighted by Crippen LogP contribution is 2.33. The average Bonchev–Trinajstić information content (AvgIpc) is 3.19. The van der Waals surface area contributed by atoms with Gasteiger partial charge in [0.2, 0.25) is 0 Å². The molecule has 6 nitrogen and oxygen atoms in total. The molecule has 0 aliphatic heterocycles. The lowest BCUT2D eigenvalue weighted by molar-refractivity contribution is -0.146. The van der Waals surface area contributed by atoms with Crippen molar-refractivity contribution in [3.8, 4) is 0 Å². The van der Waals surface area contributed by atoms with Crippen molar-refractivity contribution in [2.75, 3.05) is 0 Å². The van der Waals surface area contributed by atoms with Crippen molar-refractivity contribution in [2.24, 2.45) is 5.92 Å². The minimum absolute atomic E-state index is 0.227. The van der Waals surface area contributed by atoms with E-state index in [4.69, 9.17) is 0 Å². The third-order valence-electron chi connectivity index (χ3n) is 6.08. The molecule has 0 bridgehead atoms. The van der Waals surface area contributed by atoms with Crippen LogP contribution in [0.3, 0.4) is 0 Å². The Labute approximate surface area is 160 Å². The summed E-state index contributed by atoms with van der Waals surface area (Å²) in [6.07, 6.45) is 5.55. The van der Waals surface area contributed by atoms with Gasteiger partial charge in [0.25, 0.3) is 5.91 Å². The Balaban J connectivity index is 1.74. The molecule has 2 N–H and O–H groups in total. The molecule has 3 rings (SSSR count). The van der Waals surface area contributed by atoms with Gasteiger partial charge in [0.15, 0.2) is 9.84 Å². The van der Waals surface area contributed by atoms with Crippen LogP contribution >= 0.6 is 0 Å². The predicted octanol–water partition coefficient (Wildman–Crippen LogP) is 3.17. The standard InChI is InChI=1S/C20H27NO5S/c1-14-10-12-20(13-11-14,19(23)24)21-18(22)15-6-8-17(9-7-15)27(25,26)16-4-2-3-5-16/h6-9,14,16H,2-5,10-13H2,1H3,(H,21,22)(H,23,24).